The Morgan fingerprint density at radius 1 is 0.828 bits per heavy atom. The Hall–Kier alpha value is -3.93. The highest BCUT2D eigenvalue weighted by Crippen LogP contribution is 2.26. The van der Waals surface area contributed by atoms with Gasteiger partial charge in [-0.1, -0.05) is 30.3 Å². The van der Waals surface area contributed by atoms with E-state index in [0.29, 0.717) is 17.3 Å². The van der Waals surface area contributed by atoms with E-state index in [1.54, 1.807) is 12.4 Å². The van der Waals surface area contributed by atoms with Gasteiger partial charge in [-0.25, -0.2) is 4.98 Å². The van der Waals surface area contributed by atoms with Crippen LogP contribution in [0.5, 0.6) is 0 Å². The summed E-state index contributed by atoms with van der Waals surface area (Å²) in [6.45, 7) is 0. The Bertz CT molecular complexity index is 1090. The van der Waals surface area contributed by atoms with Crippen LogP contribution in [0.4, 0.5) is 23.1 Å². The van der Waals surface area contributed by atoms with Crippen molar-refractivity contribution >= 4 is 23.1 Å². The molecule has 0 unspecified atom stereocenters. The second-order valence-corrected chi connectivity index (χ2v) is 6.85. The van der Waals surface area contributed by atoms with Crippen LogP contribution < -0.4 is 16.0 Å². The zero-order valence-electron chi connectivity index (χ0n) is 16.4. The monoisotopic (exact) mass is 382 g/mol. The molecule has 6 heteroatoms. The van der Waals surface area contributed by atoms with Crippen LogP contribution in [0, 0.1) is 0 Å². The third-order valence-corrected chi connectivity index (χ3v) is 4.62. The molecule has 0 bridgehead atoms. The van der Waals surface area contributed by atoms with Gasteiger partial charge in [0.05, 0.1) is 11.3 Å². The summed E-state index contributed by atoms with van der Waals surface area (Å²) >= 11 is 0. The third-order valence-electron chi connectivity index (χ3n) is 4.62. The number of benzene rings is 2. The maximum Gasteiger partial charge on any atom is 0.229 e. The smallest absolute Gasteiger partial charge is 0.229 e. The quantitative estimate of drug-likeness (QED) is 0.525. The fourth-order valence-corrected chi connectivity index (χ4v) is 3.00. The van der Waals surface area contributed by atoms with Crippen LogP contribution in [0.3, 0.4) is 0 Å². The molecule has 0 atom stereocenters. The molecule has 0 aliphatic carbocycles. The minimum atomic E-state index is 0.388. The number of nitrogens with one attached hydrogen (secondary N) is 1. The zero-order chi connectivity index (χ0) is 20.2. The maximum absolute atomic E-state index is 6.11. The van der Waals surface area contributed by atoms with Crippen molar-refractivity contribution in [2.24, 2.45) is 0 Å². The van der Waals surface area contributed by atoms with Crippen LogP contribution >= 0.6 is 0 Å². The summed E-state index contributed by atoms with van der Waals surface area (Å²) in [5.74, 6) is 0.837. The predicted octanol–water partition coefficient (Wildman–Crippen LogP) is 4.60. The number of hydrogen-bond acceptors (Lipinski definition) is 6. The lowest BCUT2D eigenvalue weighted by atomic mass is 10.0. The van der Waals surface area contributed by atoms with Crippen LogP contribution in [-0.2, 0) is 0 Å². The summed E-state index contributed by atoms with van der Waals surface area (Å²) in [6, 6.07) is 22.3. The summed E-state index contributed by atoms with van der Waals surface area (Å²) in [7, 11) is 4.07. The Morgan fingerprint density at radius 2 is 1.52 bits per heavy atom. The molecule has 0 saturated heterocycles. The zero-order valence-corrected chi connectivity index (χ0v) is 16.4. The van der Waals surface area contributed by atoms with E-state index in [1.165, 1.54) is 11.3 Å². The van der Waals surface area contributed by atoms with E-state index in [0.717, 1.165) is 16.9 Å². The molecule has 0 amide bonds. The van der Waals surface area contributed by atoms with E-state index < -0.39 is 0 Å². The first kappa shape index (κ1) is 18.4. The van der Waals surface area contributed by atoms with Crippen molar-refractivity contribution in [3.8, 4) is 22.4 Å². The van der Waals surface area contributed by atoms with Crippen molar-refractivity contribution < 1.29 is 0 Å². The molecule has 3 N–H and O–H groups in total. The molecule has 2 aromatic heterocycles. The van der Waals surface area contributed by atoms with Crippen LogP contribution in [0.1, 0.15) is 0 Å². The Balaban J connectivity index is 1.49. The SMILES string of the molecule is CN(C)c1ccc(-c2ccc(Nc3ncc(-c4ccccn4)c(N)n3)cc2)cc1. The highest BCUT2D eigenvalue weighted by atomic mass is 15.1. The second-order valence-electron chi connectivity index (χ2n) is 6.85. The van der Waals surface area contributed by atoms with Gasteiger partial charge in [0.15, 0.2) is 0 Å². The first-order valence-corrected chi connectivity index (χ1v) is 9.29. The predicted molar refractivity (Wildman–Crippen MR) is 119 cm³/mol. The van der Waals surface area contributed by atoms with E-state index in [9.17, 15) is 0 Å². The first-order valence-electron chi connectivity index (χ1n) is 9.29. The minimum Gasteiger partial charge on any atom is -0.383 e. The standard InChI is InChI=1S/C23H22N6/c1-29(2)19-12-8-17(9-13-19)16-6-10-18(11-7-16)27-23-26-15-20(22(24)28-23)21-5-3-4-14-25-21/h3-15H,1-2H3,(H3,24,26,27,28). The lowest BCUT2D eigenvalue weighted by Gasteiger charge is -2.13. The molecule has 29 heavy (non-hydrogen) atoms. The van der Waals surface area contributed by atoms with Crippen molar-refractivity contribution in [2.45, 2.75) is 0 Å². The van der Waals surface area contributed by atoms with Crippen molar-refractivity contribution in [3.63, 3.8) is 0 Å². The first-order chi connectivity index (χ1) is 14.1. The molecule has 0 aliphatic rings. The van der Waals surface area contributed by atoms with Gasteiger partial charge in [-0.3, -0.25) is 4.98 Å². The van der Waals surface area contributed by atoms with Gasteiger partial charge < -0.3 is 16.0 Å². The molecule has 0 fully saturated rings. The van der Waals surface area contributed by atoms with Crippen molar-refractivity contribution in [1.29, 1.82) is 0 Å². The molecule has 0 radical (unpaired) electrons. The highest BCUT2D eigenvalue weighted by molar-refractivity contribution is 5.72. The summed E-state index contributed by atoms with van der Waals surface area (Å²) in [6.07, 6.45) is 3.41. The number of anilines is 4. The topological polar surface area (TPSA) is 80.0 Å². The number of aromatic nitrogens is 3. The molecule has 2 aromatic carbocycles. The van der Waals surface area contributed by atoms with Crippen LogP contribution in [-0.4, -0.2) is 29.0 Å². The van der Waals surface area contributed by atoms with Gasteiger partial charge in [-0.15, -0.1) is 0 Å². The van der Waals surface area contributed by atoms with E-state index in [-0.39, 0.29) is 0 Å². The Kier molecular flexibility index (Phi) is 5.07. The number of pyridine rings is 1. The third kappa shape index (κ3) is 4.16. The minimum absolute atomic E-state index is 0.388. The van der Waals surface area contributed by atoms with Gasteiger partial charge in [-0.05, 0) is 47.5 Å². The number of rotatable bonds is 5. The van der Waals surface area contributed by atoms with Crippen LogP contribution in [0.25, 0.3) is 22.4 Å². The number of nitrogens with two attached hydrogens (primary N) is 1. The van der Waals surface area contributed by atoms with Crippen molar-refractivity contribution in [1.82, 2.24) is 15.0 Å². The van der Waals surface area contributed by atoms with Crippen LogP contribution in [0.2, 0.25) is 0 Å². The van der Waals surface area contributed by atoms with Gasteiger partial charge in [-0.2, -0.15) is 4.98 Å². The Labute approximate surface area is 170 Å². The van der Waals surface area contributed by atoms with E-state index in [4.69, 9.17) is 5.73 Å². The number of nitrogens with zero attached hydrogens (tertiary/aromatic N) is 4. The molecule has 4 rings (SSSR count). The van der Waals surface area contributed by atoms with E-state index >= 15 is 0 Å². The van der Waals surface area contributed by atoms with Gasteiger partial charge in [0.25, 0.3) is 0 Å². The summed E-state index contributed by atoms with van der Waals surface area (Å²) in [5, 5.41) is 3.20. The highest BCUT2D eigenvalue weighted by Gasteiger charge is 2.08. The number of nitrogen functional groups attached to an aromatic ring is 1. The van der Waals surface area contributed by atoms with E-state index in [1.807, 2.05) is 44.4 Å². The van der Waals surface area contributed by atoms with Gasteiger partial charge in [0.2, 0.25) is 5.95 Å². The summed E-state index contributed by atoms with van der Waals surface area (Å²) in [4.78, 5) is 15.1. The lowest BCUT2D eigenvalue weighted by molar-refractivity contribution is 1.13. The van der Waals surface area contributed by atoms with Crippen molar-refractivity contribution in [2.75, 3.05) is 30.0 Å². The largest absolute Gasteiger partial charge is 0.383 e. The van der Waals surface area contributed by atoms with Gasteiger partial charge in [0.1, 0.15) is 5.82 Å². The number of hydrogen-bond donors (Lipinski definition) is 2. The van der Waals surface area contributed by atoms with Gasteiger partial charge >= 0.3 is 0 Å². The lowest BCUT2D eigenvalue weighted by Crippen LogP contribution is -2.07. The van der Waals surface area contributed by atoms with Crippen LogP contribution in [0.15, 0.2) is 79.1 Å². The Morgan fingerprint density at radius 3 is 2.10 bits per heavy atom. The summed E-state index contributed by atoms with van der Waals surface area (Å²) < 4.78 is 0. The molecular weight excluding hydrogens is 360 g/mol. The van der Waals surface area contributed by atoms with Gasteiger partial charge in [0, 0.05) is 37.9 Å². The molecule has 0 spiro atoms. The molecule has 6 nitrogen and oxygen atoms in total. The van der Waals surface area contributed by atoms with E-state index in [2.05, 4.69) is 61.6 Å². The molecule has 4 aromatic rings. The molecule has 2 heterocycles. The fraction of sp³-hybridized carbons (Fsp3) is 0.0870. The fourth-order valence-electron chi connectivity index (χ4n) is 3.00. The molecule has 0 saturated carbocycles. The summed E-state index contributed by atoms with van der Waals surface area (Å²) in [5.41, 5.74) is 12.0. The molecule has 0 aliphatic heterocycles. The maximum atomic E-state index is 6.11. The normalized spacial score (nSPS) is 10.6. The van der Waals surface area contributed by atoms with Crippen molar-refractivity contribution in [3.05, 3.63) is 79.1 Å². The molecular formula is C23H22N6. The second kappa shape index (κ2) is 7.98. The molecule has 144 valence electrons. The average molecular weight is 382 g/mol. The average Bonchev–Trinajstić information content (AvgIpc) is 2.75.